The highest BCUT2D eigenvalue weighted by atomic mass is 16.4. The molecule has 6 amide bonds. The van der Waals surface area contributed by atoms with Crippen LogP contribution in [0.25, 0.3) is 0 Å². The minimum atomic E-state index is -1.17. The molecular weight excluding hydrogens is 448 g/mol. The van der Waals surface area contributed by atoms with E-state index in [0.717, 1.165) is 22.0 Å². The molecule has 0 saturated carbocycles. The van der Waals surface area contributed by atoms with E-state index in [1.54, 1.807) is 0 Å². The SMILES string of the molecule is O=C(CCCN1C(=O)C=CC1=O)NCCCC[C@H](NC(=O)CCCN1C(=O)C=CC1=O)C(=O)O. The summed E-state index contributed by atoms with van der Waals surface area (Å²) in [6, 6.07) is -1.08. The first-order chi connectivity index (χ1) is 16.2. The van der Waals surface area contributed by atoms with Gasteiger partial charge in [-0.15, -0.1) is 0 Å². The van der Waals surface area contributed by atoms with Gasteiger partial charge in [0.2, 0.25) is 11.8 Å². The number of hydrogen-bond acceptors (Lipinski definition) is 7. The van der Waals surface area contributed by atoms with Gasteiger partial charge in [0.05, 0.1) is 0 Å². The molecule has 2 rings (SSSR count). The summed E-state index contributed by atoms with van der Waals surface area (Å²) in [6.07, 6.45) is 6.50. The lowest BCUT2D eigenvalue weighted by Gasteiger charge is -2.16. The molecule has 1 atom stereocenters. The fraction of sp³-hybridized carbons (Fsp3) is 0.500. The summed E-state index contributed by atoms with van der Waals surface area (Å²) in [4.78, 5) is 83.1. The number of amides is 6. The van der Waals surface area contributed by atoms with Gasteiger partial charge >= 0.3 is 5.97 Å². The Bertz CT molecular complexity index is 875. The number of unbranched alkanes of at least 4 members (excludes halogenated alkanes) is 1. The van der Waals surface area contributed by atoms with E-state index >= 15 is 0 Å². The Labute approximate surface area is 196 Å². The normalized spacial score (nSPS) is 15.9. The average molecular weight is 476 g/mol. The van der Waals surface area contributed by atoms with Crippen LogP contribution in [-0.4, -0.2) is 82.0 Å². The lowest BCUT2D eigenvalue weighted by molar-refractivity contribution is -0.142. The molecule has 12 nitrogen and oxygen atoms in total. The number of nitrogens with zero attached hydrogens (tertiary/aromatic N) is 2. The highest BCUT2D eigenvalue weighted by Crippen LogP contribution is 2.07. The van der Waals surface area contributed by atoms with Crippen LogP contribution < -0.4 is 10.6 Å². The molecule has 2 aliphatic heterocycles. The molecule has 2 heterocycles. The Hall–Kier alpha value is -3.83. The van der Waals surface area contributed by atoms with Crippen LogP contribution in [0.15, 0.2) is 24.3 Å². The molecule has 0 aliphatic carbocycles. The summed E-state index contributed by atoms with van der Waals surface area (Å²) in [6.45, 7) is 0.574. The Balaban J connectivity index is 1.55. The fourth-order valence-corrected chi connectivity index (χ4v) is 3.41. The predicted octanol–water partition coefficient (Wildman–Crippen LogP) is -0.747. The number of hydrogen-bond donors (Lipinski definition) is 3. The van der Waals surface area contributed by atoms with Crippen molar-refractivity contribution in [3.63, 3.8) is 0 Å². The van der Waals surface area contributed by atoms with Gasteiger partial charge in [-0.1, -0.05) is 0 Å². The van der Waals surface area contributed by atoms with Crippen LogP contribution in [0.3, 0.4) is 0 Å². The Morgan fingerprint density at radius 1 is 0.735 bits per heavy atom. The summed E-state index contributed by atoms with van der Waals surface area (Å²) in [5.41, 5.74) is 0. The van der Waals surface area contributed by atoms with Gasteiger partial charge in [-0.05, 0) is 32.1 Å². The zero-order valence-corrected chi connectivity index (χ0v) is 18.7. The average Bonchev–Trinajstić information content (AvgIpc) is 3.28. The Morgan fingerprint density at radius 2 is 1.21 bits per heavy atom. The largest absolute Gasteiger partial charge is 0.480 e. The van der Waals surface area contributed by atoms with Crippen molar-refractivity contribution < 1.29 is 38.7 Å². The van der Waals surface area contributed by atoms with Crippen LogP contribution >= 0.6 is 0 Å². The van der Waals surface area contributed by atoms with Gasteiger partial charge in [-0.3, -0.25) is 38.6 Å². The first kappa shape index (κ1) is 26.4. The second-order valence-electron chi connectivity index (χ2n) is 7.83. The van der Waals surface area contributed by atoms with E-state index in [2.05, 4.69) is 10.6 Å². The Morgan fingerprint density at radius 3 is 1.68 bits per heavy atom. The van der Waals surface area contributed by atoms with E-state index < -0.39 is 29.7 Å². The third-order valence-electron chi connectivity index (χ3n) is 5.25. The van der Waals surface area contributed by atoms with Crippen molar-refractivity contribution in [3.05, 3.63) is 24.3 Å². The standard InChI is InChI=1S/C22H28N4O8/c27-16(6-3-13-25-18(29)8-9-19(25)30)23-12-2-1-5-15(22(33)34)24-17(28)7-4-14-26-20(31)10-11-21(26)32/h8-11,15H,1-7,12-14H2,(H,23,27)(H,24,28)(H,33,34)/t15-/m0/s1. The zero-order chi connectivity index (χ0) is 25.1. The topological polar surface area (TPSA) is 170 Å². The second kappa shape index (κ2) is 13.0. The first-order valence-electron chi connectivity index (χ1n) is 11.0. The number of carboxylic acids is 1. The van der Waals surface area contributed by atoms with Crippen LogP contribution in [0.1, 0.15) is 44.9 Å². The lowest BCUT2D eigenvalue weighted by Crippen LogP contribution is -2.41. The molecule has 0 bridgehead atoms. The molecular formula is C22H28N4O8. The van der Waals surface area contributed by atoms with Crippen LogP contribution in [0.2, 0.25) is 0 Å². The van der Waals surface area contributed by atoms with Crippen molar-refractivity contribution in [3.8, 4) is 0 Å². The van der Waals surface area contributed by atoms with E-state index in [0.29, 0.717) is 25.8 Å². The van der Waals surface area contributed by atoms with E-state index in [4.69, 9.17) is 0 Å². The molecule has 3 N–H and O–H groups in total. The lowest BCUT2D eigenvalue weighted by atomic mass is 10.1. The number of rotatable bonds is 15. The van der Waals surface area contributed by atoms with Crippen molar-refractivity contribution in [2.45, 2.75) is 51.0 Å². The number of aliphatic carboxylic acids is 1. The van der Waals surface area contributed by atoms with E-state index in [-0.39, 0.29) is 56.5 Å². The monoisotopic (exact) mass is 476 g/mol. The van der Waals surface area contributed by atoms with Crippen LogP contribution in [0.4, 0.5) is 0 Å². The highest BCUT2D eigenvalue weighted by Gasteiger charge is 2.24. The second-order valence-corrected chi connectivity index (χ2v) is 7.83. The van der Waals surface area contributed by atoms with Crippen LogP contribution in [0.5, 0.6) is 0 Å². The maximum absolute atomic E-state index is 12.0. The predicted molar refractivity (Wildman–Crippen MR) is 117 cm³/mol. The molecule has 0 aromatic carbocycles. The molecule has 0 aromatic heterocycles. The van der Waals surface area contributed by atoms with Gasteiger partial charge in [-0.2, -0.15) is 0 Å². The molecule has 34 heavy (non-hydrogen) atoms. The molecule has 0 aromatic rings. The van der Waals surface area contributed by atoms with Gasteiger partial charge in [0.15, 0.2) is 0 Å². The molecule has 0 spiro atoms. The molecule has 2 aliphatic rings. The minimum Gasteiger partial charge on any atom is -0.480 e. The smallest absolute Gasteiger partial charge is 0.326 e. The number of carbonyl (C=O) groups excluding carboxylic acids is 6. The van der Waals surface area contributed by atoms with Gasteiger partial charge in [0, 0.05) is 56.8 Å². The van der Waals surface area contributed by atoms with Gasteiger partial charge in [0.1, 0.15) is 6.04 Å². The van der Waals surface area contributed by atoms with Crippen LogP contribution in [-0.2, 0) is 33.6 Å². The van der Waals surface area contributed by atoms with E-state index in [1.807, 2.05) is 0 Å². The van der Waals surface area contributed by atoms with Crippen molar-refractivity contribution in [1.82, 2.24) is 20.4 Å². The third-order valence-corrected chi connectivity index (χ3v) is 5.25. The number of imide groups is 2. The number of nitrogens with one attached hydrogen (secondary N) is 2. The summed E-state index contributed by atoms with van der Waals surface area (Å²) >= 11 is 0. The third kappa shape index (κ3) is 8.26. The molecule has 0 saturated heterocycles. The van der Waals surface area contributed by atoms with Crippen LogP contribution in [0, 0.1) is 0 Å². The molecule has 184 valence electrons. The molecule has 0 fully saturated rings. The Kier molecular flexibility index (Phi) is 10.1. The quantitative estimate of drug-likeness (QED) is 0.205. The molecule has 12 heteroatoms. The van der Waals surface area contributed by atoms with Gasteiger partial charge < -0.3 is 15.7 Å². The summed E-state index contributed by atoms with van der Waals surface area (Å²) in [5.74, 6) is -3.55. The molecule has 0 radical (unpaired) electrons. The van der Waals surface area contributed by atoms with Crippen molar-refractivity contribution in [2.75, 3.05) is 19.6 Å². The first-order valence-corrected chi connectivity index (χ1v) is 11.0. The number of carbonyl (C=O) groups is 7. The van der Waals surface area contributed by atoms with Gasteiger partial charge in [-0.25, -0.2) is 4.79 Å². The van der Waals surface area contributed by atoms with Crippen molar-refractivity contribution >= 4 is 41.4 Å². The molecule has 0 unspecified atom stereocenters. The maximum atomic E-state index is 12.0. The fourth-order valence-electron chi connectivity index (χ4n) is 3.41. The van der Waals surface area contributed by atoms with Crippen molar-refractivity contribution in [2.24, 2.45) is 0 Å². The summed E-state index contributed by atoms with van der Waals surface area (Å²) in [7, 11) is 0. The zero-order valence-electron chi connectivity index (χ0n) is 18.7. The number of carboxylic acid groups (broad SMARTS) is 1. The van der Waals surface area contributed by atoms with Crippen molar-refractivity contribution in [1.29, 1.82) is 0 Å². The van der Waals surface area contributed by atoms with E-state index in [9.17, 15) is 38.7 Å². The minimum absolute atomic E-state index is 0.0262. The summed E-state index contributed by atoms with van der Waals surface area (Å²) in [5, 5.41) is 14.4. The highest BCUT2D eigenvalue weighted by molar-refractivity contribution is 6.13. The summed E-state index contributed by atoms with van der Waals surface area (Å²) < 4.78 is 0. The van der Waals surface area contributed by atoms with E-state index in [1.165, 1.54) is 12.2 Å². The maximum Gasteiger partial charge on any atom is 0.326 e. The van der Waals surface area contributed by atoms with Gasteiger partial charge in [0.25, 0.3) is 23.6 Å².